The number of carbonyl (C=O) groups excluding carboxylic acids is 2. The van der Waals surface area contributed by atoms with Crippen molar-refractivity contribution in [3.63, 3.8) is 0 Å². The van der Waals surface area contributed by atoms with Crippen LogP contribution in [0.5, 0.6) is 0 Å². The fourth-order valence-corrected chi connectivity index (χ4v) is 2.19. The quantitative estimate of drug-likeness (QED) is 0.549. The van der Waals surface area contributed by atoms with Crippen LogP contribution in [0, 0.1) is 0 Å². The molecule has 0 bridgehead atoms. The molecule has 1 saturated carbocycles. The molecule has 0 atom stereocenters. The molecule has 1 amide bonds. The molecule has 2 N–H and O–H groups in total. The maximum Gasteiger partial charge on any atom is 0.319 e. The van der Waals surface area contributed by atoms with Crippen molar-refractivity contribution in [2.75, 3.05) is 19.7 Å². The van der Waals surface area contributed by atoms with Crippen molar-refractivity contribution >= 4 is 11.9 Å². The zero-order valence-electron chi connectivity index (χ0n) is 11.2. The summed E-state index contributed by atoms with van der Waals surface area (Å²) in [5.41, 5.74) is 0. The van der Waals surface area contributed by atoms with Crippen LogP contribution in [0.15, 0.2) is 0 Å². The second-order valence-corrected chi connectivity index (χ2v) is 4.66. The first-order valence-electron chi connectivity index (χ1n) is 6.88. The van der Waals surface area contributed by atoms with Crippen LogP contribution < -0.4 is 10.6 Å². The van der Waals surface area contributed by atoms with E-state index in [0.717, 1.165) is 12.8 Å². The van der Waals surface area contributed by atoms with Crippen LogP contribution in [0.3, 0.4) is 0 Å². The summed E-state index contributed by atoms with van der Waals surface area (Å²) in [6, 6.07) is 0.310. The minimum Gasteiger partial charge on any atom is -0.465 e. The Morgan fingerprint density at radius 2 is 1.78 bits per heavy atom. The van der Waals surface area contributed by atoms with Gasteiger partial charge in [-0.15, -0.1) is 0 Å². The van der Waals surface area contributed by atoms with Crippen LogP contribution in [-0.4, -0.2) is 37.6 Å². The Hall–Kier alpha value is -1.10. The van der Waals surface area contributed by atoms with Crippen molar-refractivity contribution in [3.8, 4) is 0 Å². The van der Waals surface area contributed by atoms with Crippen molar-refractivity contribution < 1.29 is 14.3 Å². The fourth-order valence-electron chi connectivity index (χ4n) is 2.19. The van der Waals surface area contributed by atoms with Gasteiger partial charge in [-0.3, -0.25) is 14.9 Å². The molecule has 0 spiro atoms. The average molecular weight is 256 g/mol. The Labute approximate surface area is 109 Å². The summed E-state index contributed by atoms with van der Waals surface area (Å²) in [4.78, 5) is 22.7. The normalized spacial score (nSPS) is 16.9. The first-order chi connectivity index (χ1) is 8.72. The Balaban J connectivity index is 2.10. The molecule has 18 heavy (non-hydrogen) atoms. The van der Waals surface area contributed by atoms with E-state index < -0.39 is 0 Å². The third kappa shape index (κ3) is 6.59. The molecule has 1 aliphatic rings. The molecule has 1 fully saturated rings. The summed E-state index contributed by atoms with van der Waals surface area (Å²) in [6.07, 6.45) is 7.08. The highest BCUT2D eigenvalue weighted by molar-refractivity contribution is 5.79. The summed E-state index contributed by atoms with van der Waals surface area (Å²) in [5, 5.41) is 5.80. The lowest BCUT2D eigenvalue weighted by molar-refractivity contribution is -0.142. The van der Waals surface area contributed by atoms with Crippen molar-refractivity contribution in [1.29, 1.82) is 0 Å². The Bertz CT molecular complexity index is 261. The van der Waals surface area contributed by atoms with Gasteiger partial charge in [0.15, 0.2) is 0 Å². The van der Waals surface area contributed by atoms with Crippen LogP contribution in [-0.2, 0) is 14.3 Å². The topological polar surface area (TPSA) is 67.4 Å². The molecule has 0 aromatic carbocycles. The minimum atomic E-state index is -0.320. The van der Waals surface area contributed by atoms with Gasteiger partial charge >= 0.3 is 5.97 Å². The van der Waals surface area contributed by atoms with Crippen molar-refractivity contribution in [2.45, 2.75) is 51.5 Å². The predicted octanol–water partition coefficient (Wildman–Crippen LogP) is 0.978. The standard InChI is InChI=1S/C13H24N2O3/c1-2-18-13(17)10-14-9-12(16)15-11-7-5-3-4-6-8-11/h11,14H,2-10H2,1H3,(H,15,16). The highest BCUT2D eigenvalue weighted by atomic mass is 16.5. The lowest BCUT2D eigenvalue weighted by atomic mass is 10.1. The number of nitrogens with one attached hydrogen (secondary N) is 2. The molecule has 1 rings (SSSR count). The Morgan fingerprint density at radius 1 is 1.11 bits per heavy atom. The van der Waals surface area contributed by atoms with E-state index in [1.165, 1.54) is 25.7 Å². The molecule has 104 valence electrons. The zero-order valence-corrected chi connectivity index (χ0v) is 11.2. The van der Waals surface area contributed by atoms with Gasteiger partial charge in [-0.2, -0.15) is 0 Å². The Kier molecular flexibility index (Phi) is 7.41. The van der Waals surface area contributed by atoms with E-state index in [9.17, 15) is 9.59 Å². The van der Waals surface area contributed by atoms with Gasteiger partial charge < -0.3 is 10.1 Å². The SMILES string of the molecule is CCOC(=O)CNCC(=O)NC1CCCCCC1. The van der Waals surface area contributed by atoms with Crippen LogP contribution in [0.2, 0.25) is 0 Å². The highest BCUT2D eigenvalue weighted by Gasteiger charge is 2.14. The van der Waals surface area contributed by atoms with Crippen LogP contribution in [0.4, 0.5) is 0 Å². The smallest absolute Gasteiger partial charge is 0.319 e. The van der Waals surface area contributed by atoms with Gasteiger partial charge in [0.1, 0.15) is 0 Å². The molecular weight excluding hydrogens is 232 g/mol. The molecule has 0 unspecified atom stereocenters. The maximum absolute atomic E-state index is 11.6. The van der Waals surface area contributed by atoms with Crippen molar-refractivity contribution in [2.24, 2.45) is 0 Å². The largest absolute Gasteiger partial charge is 0.465 e. The van der Waals surface area contributed by atoms with Crippen LogP contribution in [0.25, 0.3) is 0 Å². The van der Waals surface area contributed by atoms with E-state index in [0.29, 0.717) is 12.6 Å². The van der Waals surface area contributed by atoms with E-state index in [1.54, 1.807) is 6.92 Å². The molecule has 0 aromatic heterocycles. The van der Waals surface area contributed by atoms with E-state index >= 15 is 0 Å². The molecule has 0 aliphatic heterocycles. The van der Waals surface area contributed by atoms with Crippen molar-refractivity contribution in [3.05, 3.63) is 0 Å². The monoisotopic (exact) mass is 256 g/mol. The molecule has 5 heteroatoms. The number of hydrogen-bond donors (Lipinski definition) is 2. The van der Waals surface area contributed by atoms with Gasteiger partial charge in [0.2, 0.25) is 5.91 Å². The minimum absolute atomic E-state index is 0.0359. The second kappa shape index (κ2) is 8.91. The number of carbonyl (C=O) groups is 2. The molecule has 0 aromatic rings. The van der Waals surface area contributed by atoms with E-state index in [4.69, 9.17) is 4.74 Å². The van der Waals surface area contributed by atoms with Gasteiger partial charge in [0, 0.05) is 6.04 Å². The molecule has 1 aliphatic carbocycles. The van der Waals surface area contributed by atoms with Gasteiger partial charge in [-0.1, -0.05) is 25.7 Å². The second-order valence-electron chi connectivity index (χ2n) is 4.66. The van der Waals surface area contributed by atoms with Crippen LogP contribution in [0.1, 0.15) is 45.4 Å². The summed E-state index contributed by atoms with van der Waals surface area (Å²) < 4.78 is 4.76. The first-order valence-corrected chi connectivity index (χ1v) is 6.88. The number of esters is 1. The maximum atomic E-state index is 11.6. The van der Waals surface area contributed by atoms with Gasteiger partial charge in [-0.05, 0) is 19.8 Å². The first kappa shape index (κ1) is 15.0. The lowest BCUT2D eigenvalue weighted by Crippen LogP contribution is -2.41. The number of amides is 1. The summed E-state index contributed by atoms with van der Waals surface area (Å²) in [5.74, 6) is -0.356. The van der Waals surface area contributed by atoms with Crippen molar-refractivity contribution in [1.82, 2.24) is 10.6 Å². The zero-order chi connectivity index (χ0) is 13.2. The Morgan fingerprint density at radius 3 is 2.39 bits per heavy atom. The fraction of sp³-hybridized carbons (Fsp3) is 0.846. The summed E-state index contributed by atoms with van der Waals surface area (Å²) in [6.45, 7) is 2.40. The predicted molar refractivity (Wildman–Crippen MR) is 69.1 cm³/mol. The average Bonchev–Trinajstić information content (AvgIpc) is 2.58. The molecule has 0 radical (unpaired) electrons. The van der Waals surface area contributed by atoms with Crippen LogP contribution >= 0.6 is 0 Å². The third-order valence-electron chi connectivity index (χ3n) is 3.08. The number of hydrogen-bond acceptors (Lipinski definition) is 4. The number of rotatable bonds is 6. The summed E-state index contributed by atoms with van der Waals surface area (Å²) >= 11 is 0. The summed E-state index contributed by atoms with van der Waals surface area (Å²) in [7, 11) is 0. The van der Waals surface area contributed by atoms with Gasteiger partial charge in [-0.25, -0.2) is 0 Å². The highest BCUT2D eigenvalue weighted by Crippen LogP contribution is 2.16. The van der Waals surface area contributed by atoms with E-state index in [1.807, 2.05) is 0 Å². The van der Waals surface area contributed by atoms with E-state index in [-0.39, 0.29) is 25.0 Å². The number of ether oxygens (including phenoxy) is 1. The van der Waals surface area contributed by atoms with Gasteiger partial charge in [0.25, 0.3) is 0 Å². The molecule has 0 saturated heterocycles. The molecule has 5 nitrogen and oxygen atoms in total. The lowest BCUT2D eigenvalue weighted by Gasteiger charge is -2.16. The van der Waals surface area contributed by atoms with Gasteiger partial charge in [0.05, 0.1) is 19.7 Å². The molecule has 0 heterocycles. The molecular formula is C13H24N2O3. The third-order valence-corrected chi connectivity index (χ3v) is 3.08. The van der Waals surface area contributed by atoms with E-state index in [2.05, 4.69) is 10.6 Å².